The summed E-state index contributed by atoms with van der Waals surface area (Å²) in [7, 11) is -4.02. The second-order valence-corrected chi connectivity index (χ2v) is 17.0. The lowest BCUT2D eigenvalue weighted by Crippen LogP contribution is -2.70. The number of rotatable bonds is 8. The Hall–Kier alpha value is -1.43. The molecule has 0 N–H and O–H groups in total. The van der Waals surface area contributed by atoms with Crippen molar-refractivity contribution in [2.24, 2.45) is 5.92 Å². The molecule has 0 aliphatic heterocycles. The average Bonchev–Trinajstić information content (AvgIpc) is 2.62. The maximum Gasteiger partial charge on any atom is 0.218 e. The fourth-order valence-corrected chi connectivity index (χ4v) is 11.9. The fourth-order valence-electron chi connectivity index (χ4n) is 4.17. The van der Waals surface area contributed by atoms with Crippen LogP contribution < -0.4 is 10.4 Å². The molecule has 3 heteroatoms. The zero-order valence-corrected chi connectivity index (χ0v) is 19.3. The van der Waals surface area contributed by atoms with E-state index in [0.717, 1.165) is 6.42 Å². The van der Waals surface area contributed by atoms with Crippen LogP contribution in [-0.2, 0) is 4.43 Å². The van der Waals surface area contributed by atoms with Crippen LogP contribution in [-0.4, -0.2) is 21.6 Å². The van der Waals surface area contributed by atoms with Gasteiger partial charge in [-0.05, 0) is 30.6 Å². The van der Waals surface area contributed by atoms with Crippen molar-refractivity contribution in [2.75, 3.05) is 0 Å². The Bertz CT molecular complexity index is 708. The summed E-state index contributed by atoms with van der Waals surface area (Å²) in [5.41, 5.74) is 0. The Morgan fingerprint density at radius 3 is 1.77 bits per heavy atom. The Labute approximate surface area is 162 Å². The Morgan fingerprint density at radius 1 is 0.885 bits per heavy atom. The van der Waals surface area contributed by atoms with Crippen molar-refractivity contribution in [1.29, 1.82) is 0 Å². The van der Waals surface area contributed by atoms with Gasteiger partial charge in [-0.25, -0.2) is 0 Å². The van der Waals surface area contributed by atoms with Crippen molar-refractivity contribution >= 4 is 26.8 Å². The van der Waals surface area contributed by atoms with Gasteiger partial charge >= 0.3 is 0 Å². The molecule has 2 aromatic carbocycles. The van der Waals surface area contributed by atoms with E-state index < -0.39 is 16.4 Å². The van der Waals surface area contributed by atoms with Gasteiger partial charge in [0.15, 0.2) is 0 Å². The predicted molar refractivity (Wildman–Crippen MR) is 121 cm³/mol. The van der Waals surface area contributed by atoms with E-state index in [1.165, 1.54) is 10.4 Å². The van der Waals surface area contributed by atoms with Gasteiger partial charge in [-0.3, -0.25) is 0 Å². The molecule has 1 unspecified atom stereocenters. The smallest absolute Gasteiger partial charge is 0.218 e. The molecule has 0 amide bonds. The van der Waals surface area contributed by atoms with Crippen molar-refractivity contribution in [1.82, 2.24) is 0 Å². The van der Waals surface area contributed by atoms with E-state index in [-0.39, 0.29) is 5.22 Å². The molecule has 0 fully saturated rings. The maximum absolute atomic E-state index is 7.26. The lowest BCUT2D eigenvalue weighted by atomic mass is 10.0. The molecule has 140 valence electrons. The topological polar surface area (TPSA) is 9.23 Å². The molecule has 0 bridgehead atoms. The zero-order valence-electron chi connectivity index (χ0n) is 17.3. The third-order valence-corrected chi connectivity index (χ3v) is 13.4. The van der Waals surface area contributed by atoms with Crippen LogP contribution in [0.1, 0.15) is 20.3 Å². The first kappa shape index (κ1) is 20.9. The molecule has 1 nitrogen and oxygen atoms in total. The van der Waals surface area contributed by atoms with E-state index in [2.05, 4.69) is 113 Å². The Morgan fingerprint density at radius 2 is 1.35 bits per heavy atom. The largest absolute Gasteiger partial charge is 0.409 e. The van der Waals surface area contributed by atoms with Gasteiger partial charge in [-0.15, -0.1) is 6.58 Å². The van der Waals surface area contributed by atoms with E-state index in [1.807, 2.05) is 0 Å². The van der Waals surface area contributed by atoms with Crippen LogP contribution in [0.25, 0.3) is 0 Å². The summed E-state index contributed by atoms with van der Waals surface area (Å²) in [4.78, 5) is 0. The van der Waals surface area contributed by atoms with Crippen molar-refractivity contribution in [3.05, 3.63) is 73.3 Å². The van der Waals surface area contributed by atoms with E-state index >= 15 is 0 Å². The first-order valence-corrected chi connectivity index (χ1v) is 15.5. The lowest BCUT2D eigenvalue weighted by Gasteiger charge is -2.52. The quantitative estimate of drug-likeness (QED) is 0.448. The zero-order chi connectivity index (χ0) is 19.4. The highest BCUT2D eigenvalue weighted by Gasteiger charge is 2.53. The Kier molecular flexibility index (Phi) is 6.48. The van der Waals surface area contributed by atoms with Gasteiger partial charge in [-0.2, -0.15) is 0 Å². The lowest BCUT2D eigenvalue weighted by molar-refractivity contribution is 0.0922. The van der Waals surface area contributed by atoms with Gasteiger partial charge in [0.1, 0.15) is 8.07 Å². The summed E-state index contributed by atoms with van der Waals surface area (Å²) in [5, 5.41) is 2.63. The summed E-state index contributed by atoms with van der Waals surface area (Å²) in [6.07, 6.45) is 2.95. The van der Waals surface area contributed by atoms with Crippen molar-refractivity contribution in [2.45, 2.75) is 51.7 Å². The maximum atomic E-state index is 7.26. The molecule has 2 aromatic rings. The molecule has 0 saturated heterocycles. The molecule has 26 heavy (non-hydrogen) atoms. The molecule has 2 rings (SSSR count). The molecule has 0 saturated carbocycles. The van der Waals surface area contributed by atoms with Crippen LogP contribution in [0.2, 0.25) is 26.2 Å². The highest BCUT2D eigenvalue weighted by Crippen LogP contribution is 2.38. The summed E-state index contributed by atoms with van der Waals surface area (Å²) in [6.45, 7) is 18.3. The minimum atomic E-state index is -2.07. The molecule has 0 heterocycles. The Balaban J connectivity index is 2.57. The third kappa shape index (κ3) is 3.95. The van der Waals surface area contributed by atoms with E-state index in [0.29, 0.717) is 5.92 Å². The summed E-state index contributed by atoms with van der Waals surface area (Å²) in [6, 6.07) is 21.8. The van der Waals surface area contributed by atoms with Gasteiger partial charge in [0, 0.05) is 0 Å². The van der Waals surface area contributed by atoms with E-state index in [4.69, 9.17) is 4.43 Å². The molecule has 0 radical (unpaired) electrons. The highest BCUT2D eigenvalue weighted by atomic mass is 28.4. The van der Waals surface area contributed by atoms with Crippen LogP contribution >= 0.6 is 0 Å². The number of hydrogen-bond donors (Lipinski definition) is 0. The molecule has 0 aliphatic carbocycles. The molecule has 0 aliphatic rings. The van der Waals surface area contributed by atoms with Gasteiger partial charge in [0.25, 0.3) is 0 Å². The number of benzene rings is 2. The van der Waals surface area contributed by atoms with E-state index in [9.17, 15) is 0 Å². The van der Waals surface area contributed by atoms with Crippen molar-refractivity contribution in [3.8, 4) is 0 Å². The van der Waals surface area contributed by atoms with Gasteiger partial charge in [-0.1, -0.05) is 98.9 Å². The SMILES string of the molecule is C=CCC(O[Si](C)(C)c1ccccc1)(C(C)C)[Si](C)(C)c1ccccc1. The molecule has 1 atom stereocenters. The van der Waals surface area contributed by atoms with Crippen LogP contribution in [0.15, 0.2) is 73.3 Å². The van der Waals surface area contributed by atoms with Gasteiger partial charge in [0.05, 0.1) is 5.22 Å². The molecular weight excluding hydrogens is 348 g/mol. The number of hydrogen-bond acceptors (Lipinski definition) is 1. The standard InChI is InChI=1S/C23H34OSi2/c1-8-19-23(20(2)3,25(4,5)21-15-11-9-12-16-21)24-26(6,7)22-17-13-10-14-18-22/h8-18,20H,1,19H2,2-7H3. The summed E-state index contributed by atoms with van der Waals surface area (Å²) >= 11 is 0. The van der Waals surface area contributed by atoms with Crippen molar-refractivity contribution < 1.29 is 4.43 Å². The first-order valence-electron chi connectivity index (χ1n) is 9.59. The fraction of sp³-hybridized carbons (Fsp3) is 0.391. The van der Waals surface area contributed by atoms with Crippen LogP contribution in [0, 0.1) is 5.92 Å². The monoisotopic (exact) mass is 382 g/mol. The van der Waals surface area contributed by atoms with Crippen molar-refractivity contribution in [3.63, 3.8) is 0 Å². The van der Waals surface area contributed by atoms with Crippen LogP contribution in [0.4, 0.5) is 0 Å². The highest BCUT2D eigenvalue weighted by molar-refractivity contribution is 6.93. The molecule has 0 spiro atoms. The normalized spacial score (nSPS) is 14.9. The summed E-state index contributed by atoms with van der Waals surface area (Å²) in [5.74, 6) is 0.415. The second kappa shape index (κ2) is 8.07. The van der Waals surface area contributed by atoms with Gasteiger partial charge in [0.2, 0.25) is 8.32 Å². The predicted octanol–water partition coefficient (Wildman–Crippen LogP) is 5.24. The minimum Gasteiger partial charge on any atom is -0.409 e. The van der Waals surface area contributed by atoms with E-state index in [1.54, 1.807) is 0 Å². The third-order valence-electron chi connectivity index (χ3n) is 5.84. The average molecular weight is 383 g/mol. The second-order valence-electron chi connectivity index (χ2n) is 8.51. The summed E-state index contributed by atoms with van der Waals surface area (Å²) < 4.78 is 7.26. The van der Waals surface area contributed by atoms with Crippen LogP contribution in [0.5, 0.6) is 0 Å². The molecule has 0 aromatic heterocycles. The minimum absolute atomic E-state index is 0.179. The van der Waals surface area contributed by atoms with Gasteiger partial charge < -0.3 is 4.43 Å². The first-order chi connectivity index (χ1) is 12.2. The molecular formula is C23H34OSi2. The van der Waals surface area contributed by atoms with Crippen LogP contribution in [0.3, 0.4) is 0 Å².